The van der Waals surface area contributed by atoms with Crippen molar-refractivity contribution in [2.24, 2.45) is 5.11 Å². The molecule has 1 aliphatic heterocycles. The van der Waals surface area contributed by atoms with Crippen molar-refractivity contribution in [3.05, 3.63) is 46.3 Å². The Morgan fingerprint density at radius 2 is 2.14 bits per heavy atom. The molecule has 1 saturated heterocycles. The van der Waals surface area contributed by atoms with E-state index in [2.05, 4.69) is 10.0 Å². The largest absolute Gasteiger partial charge is 0.394 e. The minimum atomic E-state index is -2.14. The zero-order valence-corrected chi connectivity index (χ0v) is 11.2. The van der Waals surface area contributed by atoms with Crippen molar-refractivity contribution in [2.45, 2.75) is 37.3 Å². The maximum Gasteiger partial charge on any atom is 0.249 e. The Labute approximate surface area is 121 Å². The van der Waals surface area contributed by atoms with Crippen LogP contribution in [0.3, 0.4) is 0 Å². The summed E-state index contributed by atoms with van der Waals surface area (Å²) < 4.78 is 10.6. The first-order valence-corrected chi connectivity index (χ1v) is 6.49. The molecule has 2 rings (SSSR count). The first kappa shape index (κ1) is 15.7. The zero-order valence-electron chi connectivity index (χ0n) is 11.2. The Kier molecular flexibility index (Phi) is 5.13. The molecule has 0 aliphatic carbocycles. The van der Waals surface area contributed by atoms with Crippen LogP contribution >= 0.6 is 0 Å². The smallest absolute Gasteiger partial charge is 0.249 e. The number of hydrogen-bond donors (Lipinski definition) is 3. The maximum absolute atomic E-state index is 10.1. The van der Waals surface area contributed by atoms with Crippen molar-refractivity contribution >= 4 is 0 Å². The third kappa shape index (κ3) is 3.92. The standard InChI is InChI=1S/C13H17N3O5/c14-16-15-13(19)6-10(12(18)11(7-17)21-13)20-8-9-4-2-1-3-5-9/h1-5,10-12,17-19H,6-8H2/t10-,11-,12+,13+/m1/s1. The summed E-state index contributed by atoms with van der Waals surface area (Å²) in [5.74, 6) is -2.14. The Bertz CT molecular complexity index is 508. The fourth-order valence-electron chi connectivity index (χ4n) is 2.20. The predicted molar refractivity (Wildman–Crippen MR) is 71.7 cm³/mol. The molecule has 1 aromatic rings. The van der Waals surface area contributed by atoms with Gasteiger partial charge in [0, 0.05) is 11.3 Å². The summed E-state index contributed by atoms with van der Waals surface area (Å²) in [5.41, 5.74) is 9.35. The monoisotopic (exact) mass is 295 g/mol. The Balaban J connectivity index is 2.07. The van der Waals surface area contributed by atoms with Gasteiger partial charge in [-0.05, 0) is 16.2 Å². The van der Waals surface area contributed by atoms with Crippen molar-refractivity contribution in [2.75, 3.05) is 6.61 Å². The van der Waals surface area contributed by atoms with Crippen molar-refractivity contribution in [3.8, 4) is 0 Å². The zero-order chi connectivity index (χ0) is 15.3. The number of azide groups is 1. The van der Waals surface area contributed by atoms with Crippen molar-refractivity contribution in [1.82, 2.24) is 0 Å². The number of aliphatic hydroxyl groups is 3. The highest BCUT2D eigenvalue weighted by Crippen LogP contribution is 2.31. The molecule has 1 aromatic carbocycles. The molecule has 0 bridgehead atoms. The fraction of sp³-hybridized carbons (Fsp3) is 0.538. The van der Waals surface area contributed by atoms with Crippen LogP contribution < -0.4 is 0 Å². The second kappa shape index (κ2) is 6.86. The van der Waals surface area contributed by atoms with E-state index in [0.717, 1.165) is 5.56 Å². The summed E-state index contributed by atoms with van der Waals surface area (Å²) in [7, 11) is 0. The second-order valence-corrected chi connectivity index (χ2v) is 4.80. The Hall–Kier alpha value is -1.67. The minimum absolute atomic E-state index is 0.215. The lowest BCUT2D eigenvalue weighted by molar-refractivity contribution is -0.308. The van der Waals surface area contributed by atoms with Crippen molar-refractivity contribution < 1.29 is 24.8 Å². The minimum Gasteiger partial charge on any atom is -0.394 e. The molecule has 0 unspecified atom stereocenters. The highest BCUT2D eigenvalue weighted by atomic mass is 16.7. The summed E-state index contributed by atoms with van der Waals surface area (Å²) in [5, 5.41) is 32.4. The first-order valence-electron chi connectivity index (χ1n) is 6.49. The molecule has 1 fully saturated rings. The van der Waals surface area contributed by atoms with Crippen LogP contribution in [-0.2, 0) is 16.1 Å². The number of ether oxygens (including phenoxy) is 2. The van der Waals surface area contributed by atoms with Crippen LogP contribution in [0.1, 0.15) is 12.0 Å². The van der Waals surface area contributed by atoms with Gasteiger partial charge in [0.25, 0.3) is 0 Å². The van der Waals surface area contributed by atoms with Gasteiger partial charge in [-0.2, -0.15) is 0 Å². The summed E-state index contributed by atoms with van der Waals surface area (Å²) in [4.78, 5) is 2.51. The molecular weight excluding hydrogens is 278 g/mol. The Morgan fingerprint density at radius 1 is 1.43 bits per heavy atom. The third-order valence-corrected chi connectivity index (χ3v) is 3.26. The summed E-state index contributed by atoms with van der Waals surface area (Å²) in [6.45, 7) is -0.317. The predicted octanol–water partition coefficient (Wildman–Crippen LogP) is 0.670. The molecule has 0 saturated carbocycles. The van der Waals surface area contributed by atoms with E-state index in [-0.39, 0.29) is 13.0 Å². The van der Waals surface area contributed by atoms with Gasteiger partial charge in [-0.3, -0.25) is 0 Å². The highest BCUT2D eigenvalue weighted by Gasteiger charge is 2.45. The molecule has 1 heterocycles. The number of aliphatic hydroxyl groups excluding tert-OH is 2. The summed E-state index contributed by atoms with van der Waals surface area (Å²) in [6.07, 6.45) is -3.27. The molecule has 0 aromatic heterocycles. The van der Waals surface area contributed by atoms with E-state index in [4.69, 9.17) is 15.0 Å². The van der Waals surface area contributed by atoms with E-state index >= 15 is 0 Å². The van der Waals surface area contributed by atoms with Gasteiger partial charge >= 0.3 is 0 Å². The van der Waals surface area contributed by atoms with E-state index in [0.29, 0.717) is 0 Å². The summed E-state index contributed by atoms with van der Waals surface area (Å²) in [6, 6.07) is 9.29. The van der Waals surface area contributed by atoms with E-state index in [1.807, 2.05) is 30.3 Å². The molecule has 21 heavy (non-hydrogen) atoms. The SMILES string of the molecule is [N-]=[N+]=N[C@]1(O)C[C@@H](OCc2ccccc2)[C@H](O)[C@@H](CO)O1. The van der Waals surface area contributed by atoms with Crippen molar-refractivity contribution in [1.29, 1.82) is 0 Å². The van der Waals surface area contributed by atoms with Crippen LogP contribution in [0.4, 0.5) is 0 Å². The van der Waals surface area contributed by atoms with Gasteiger partial charge in [0.15, 0.2) is 0 Å². The van der Waals surface area contributed by atoms with Crippen LogP contribution in [0.25, 0.3) is 10.4 Å². The normalized spacial score (nSPS) is 32.4. The molecule has 1 aliphatic rings. The van der Waals surface area contributed by atoms with Crippen LogP contribution in [0, 0.1) is 0 Å². The summed E-state index contributed by atoms with van der Waals surface area (Å²) >= 11 is 0. The number of benzene rings is 1. The molecule has 0 spiro atoms. The average molecular weight is 295 g/mol. The molecule has 3 N–H and O–H groups in total. The van der Waals surface area contributed by atoms with Crippen LogP contribution in [-0.4, -0.2) is 46.1 Å². The molecule has 0 radical (unpaired) electrons. The molecule has 0 amide bonds. The second-order valence-electron chi connectivity index (χ2n) is 4.80. The lowest BCUT2D eigenvalue weighted by atomic mass is 9.99. The molecule has 114 valence electrons. The molecule has 8 heteroatoms. The van der Waals surface area contributed by atoms with Gasteiger partial charge in [-0.1, -0.05) is 30.3 Å². The van der Waals surface area contributed by atoms with Gasteiger partial charge in [0.2, 0.25) is 5.91 Å². The van der Waals surface area contributed by atoms with E-state index < -0.39 is 30.8 Å². The first-order chi connectivity index (χ1) is 10.1. The molecule has 4 atom stereocenters. The lowest BCUT2D eigenvalue weighted by Gasteiger charge is -2.41. The molecule has 8 nitrogen and oxygen atoms in total. The average Bonchev–Trinajstić information content (AvgIpc) is 2.49. The lowest BCUT2D eigenvalue weighted by Crippen LogP contribution is -2.55. The third-order valence-electron chi connectivity index (χ3n) is 3.26. The van der Waals surface area contributed by atoms with Gasteiger partial charge in [-0.15, -0.1) is 0 Å². The highest BCUT2D eigenvalue weighted by molar-refractivity contribution is 5.13. The maximum atomic E-state index is 10.1. The van der Waals surface area contributed by atoms with E-state index in [1.54, 1.807) is 0 Å². The van der Waals surface area contributed by atoms with Crippen molar-refractivity contribution in [3.63, 3.8) is 0 Å². The molecular formula is C13H17N3O5. The van der Waals surface area contributed by atoms with Gasteiger partial charge in [-0.25, -0.2) is 0 Å². The van der Waals surface area contributed by atoms with Crippen LogP contribution in [0.5, 0.6) is 0 Å². The van der Waals surface area contributed by atoms with Gasteiger partial charge in [0.1, 0.15) is 12.2 Å². The Morgan fingerprint density at radius 3 is 2.76 bits per heavy atom. The van der Waals surface area contributed by atoms with Crippen LogP contribution in [0.15, 0.2) is 35.4 Å². The van der Waals surface area contributed by atoms with E-state index in [1.165, 1.54) is 0 Å². The van der Waals surface area contributed by atoms with Gasteiger partial charge in [0.05, 0.1) is 19.3 Å². The number of nitrogens with zero attached hydrogens (tertiary/aromatic N) is 3. The van der Waals surface area contributed by atoms with Crippen LogP contribution in [0.2, 0.25) is 0 Å². The number of hydrogen-bond acceptors (Lipinski definition) is 6. The quantitative estimate of drug-likeness (QED) is 0.418. The van der Waals surface area contributed by atoms with Gasteiger partial charge < -0.3 is 24.8 Å². The van der Waals surface area contributed by atoms with E-state index in [9.17, 15) is 15.3 Å². The number of rotatable bonds is 5. The topological polar surface area (TPSA) is 128 Å². The fourth-order valence-corrected chi connectivity index (χ4v) is 2.20.